The Labute approximate surface area is 121 Å². The summed E-state index contributed by atoms with van der Waals surface area (Å²) in [5.41, 5.74) is 2.35. The summed E-state index contributed by atoms with van der Waals surface area (Å²) in [5, 5.41) is 0. The predicted molar refractivity (Wildman–Crippen MR) is 77.5 cm³/mol. The predicted octanol–water partition coefficient (Wildman–Crippen LogP) is 2.33. The Hall–Kier alpha value is -0.970. The molecule has 0 aliphatic carbocycles. The van der Waals surface area contributed by atoms with Crippen LogP contribution in [0.4, 0.5) is 0 Å². The number of piperidine rings is 1. The monoisotopic (exact) mass is 276 g/mol. The van der Waals surface area contributed by atoms with Crippen LogP contribution in [0.3, 0.4) is 0 Å². The molecule has 110 valence electrons. The topological polar surface area (TPSA) is 34.6 Å². The molecule has 2 aliphatic rings. The molecule has 4 nitrogen and oxygen atoms in total. The Morgan fingerprint density at radius 2 is 1.95 bits per heavy atom. The molecule has 0 atom stereocenters. The van der Waals surface area contributed by atoms with Crippen molar-refractivity contribution in [2.45, 2.75) is 38.1 Å². The van der Waals surface area contributed by atoms with Gasteiger partial charge in [0.1, 0.15) is 6.79 Å². The first kappa shape index (κ1) is 14.0. The first-order chi connectivity index (χ1) is 9.78. The molecule has 3 heterocycles. The van der Waals surface area contributed by atoms with E-state index in [4.69, 9.17) is 9.47 Å². The summed E-state index contributed by atoms with van der Waals surface area (Å²) >= 11 is 0. The van der Waals surface area contributed by atoms with Gasteiger partial charge in [0, 0.05) is 12.7 Å². The van der Waals surface area contributed by atoms with Gasteiger partial charge >= 0.3 is 0 Å². The average Bonchev–Trinajstić information content (AvgIpc) is 2.49. The molecule has 2 saturated heterocycles. The molecule has 20 heavy (non-hydrogen) atoms. The van der Waals surface area contributed by atoms with Crippen molar-refractivity contribution in [3.63, 3.8) is 0 Å². The van der Waals surface area contributed by atoms with Gasteiger partial charge in [-0.1, -0.05) is 12.5 Å². The second-order valence-corrected chi connectivity index (χ2v) is 6.22. The fourth-order valence-corrected chi connectivity index (χ4v) is 3.24. The highest BCUT2D eigenvalue weighted by molar-refractivity contribution is 5.28. The number of ether oxygens (including phenoxy) is 2. The molecule has 1 aromatic rings. The fourth-order valence-electron chi connectivity index (χ4n) is 3.24. The second-order valence-electron chi connectivity index (χ2n) is 6.22. The molecule has 3 rings (SSSR count). The maximum absolute atomic E-state index is 5.51. The molecule has 4 heteroatoms. The number of aromatic nitrogens is 1. The third-order valence-electron chi connectivity index (χ3n) is 4.31. The van der Waals surface area contributed by atoms with Crippen LogP contribution in [-0.2, 0) is 21.4 Å². The minimum Gasteiger partial charge on any atom is -0.354 e. The number of hydrogen-bond donors (Lipinski definition) is 0. The molecular formula is C16H24N2O2. The Bertz CT molecular complexity index is 438. The summed E-state index contributed by atoms with van der Waals surface area (Å²) in [5.74, 6) is 0. The Balaban J connectivity index is 1.80. The average molecular weight is 276 g/mol. The minimum atomic E-state index is -0.120. The summed E-state index contributed by atoms with van der Waals surface area (Å²) in [6.07, 6.45) is 5.89. The Morgan fingerprint density at radius 1 is 1.20 bits per heavy atom. The van der Waals surface area contributed by atoms with Crippen LogP contribution >= 0.6 is 0 Å². The zero-order chi connectivity index (χ0) is 13.8. The summed E-state index contributed by atoms with van der Waals surface area (Å²) in [4.78, 5) is 7.19. The van der Waals surface area contributed by atoms with Gasteiger partial charge in [0.2, 0.25) is 0 Å². The van der Waals surface area contributed by atoms with E-state index in [1.165, 1.54) is 37.9 Å². The first-order valence-corrected chi connectivity index (χ1v) is 7.60. The van der Waals surface area contributed by atoms with Crippen molar-refractivity contribution in [3.05, 3.63) is 29.6 Å². The van der Waals surface area contributed by atoms with Crippen LogP contribution < -0.4 is 0 Å². The zero-order valence-electron chi connectivity index (χ0n) is 12.3. The van der Waals surface area contributed by atoms with E-state index in [1.54, 1.807) is 0 Å². The van der Waals surface area contributed by atoms with Gasteiger partial charge in [0.25, 0.3) is 0 Å². The van der Waals surface area contributed by atoms with Crippen molar-refractivity contribution >= 4 is 0 Å². The van der Waals surface area contributed by atoms with E-state index in [-0.39, 0.29) is 5.41 Å². The normalized spacial score (nSPS) is 23.6. The van der Waals surface area contributed by atoms with E-state index in [1.807, 2.05) is 12.3 Å². The number of nitrogens with zero attached hydrogens (tertiary/aromatic N) is 2. The lowest BCUT2D eigenvalue weighted by molar-refractivity contribution is -0.135. The van der Waals surface area contributed by atoms with Crippen LogP contribution in [0.1, 0.15) is 37.4 Å². The van der Waals surface area contributed by atoms with Crippen LogP contribution in [0.2, 0.25) is 0 Å². The summed E-state index contributed by atoms with van der Waals surface area (Å²) in [6, 6.07) is 4.24. The van der Waals surface area contributed by atoms with Gasteiger partial charge in [-0.25, -0.2) is 0 Å². The lowest BCUT2D eigenvalue weighted by Gasteiger charge is -2.35. The summed E-state index contributed by atoms with van der Waals surface area (Å²) in [7, 11) is 0. The van der Waals surface area contributed by atoms with Gasteiger partial charge in [-0.3, -0.25) is 9.88 Å². The smallest absolute Gasteiger partial charge is 0.146 e. The molecule has 2 fully saturated rings. The van der Waals surface area contributed by atoms with Crippen LogP contribution in [-0.4, -0.2) is 43.0 Å². The maximum atomic E-state index is 5.51. The van der Waals surface area contributed by atoms with Gasteiger partial charge in [0.15, 0.2) is 0 Å². The van der Waals surface area contributed by atoms with Crippen molar-refractivity contribution in [1.29, 1.82) is 0 Å². The van der Waals surface area contributed by atoms with Crippen LogP contribution in [0.15, 0.2) is 18.3 Å². The van der Waals surface area contributed by atoms with Gasteiger partial charge in [-0.15, -0.1) is 0 Å². The summed E-state index contributed by atoms with van der Waals surface area (Å²) in [6.45, 7) is 7.39. The van der Waals surface area contributed by atoms with Gasteiger partial charge in [0.05, 0.1) is 24.3 Å². The molecule has 0 N–H and O–H groups in total. The molecule has 2 aliphatic heterocycles. The number of pyridine rings is 1. The van der Waals surface area contributed by atoms with Gasteiger partial charge in [-0.2, -0.15) is 0 Å². The third kappa shape index (κ3) is 3.03. The second kappa shape index (κ2) is 6.20. The largest absolute Gasteiger partial charge is 0.354 e. The van der Waals surface area contributed by atoms with Crippen molar-refractivity contribution in [1.82, 2.24) is 9.88 Å². The highest BCUT2D eigenvalue weighted by Gasteiger charge is 2.34. The van der Waals surface area contributed by atoms with Crippen molar-refractivity contribution in [2.24, 2.45) is 0 Å². The Kier molecular flexibility index (Phi) is 4.34. The lowest BCUT2D eigenvalue weighted by atomic mass is 9.84. The molecule has 0 unspecified atom stereocenters. The quantitative estimate of drug-likeness (QED) is 0.848. The van der Waals surface area contributed by atoms with E-state index in [0.29, 0.717) is 20.0 Å². The first-order valence-electron chi connectivity index (χ1n) is 7.60. The highest BCUT2D eigenvalue weighted by atomic mass is 16.7. The molecule has 1 aromatic heterocycles. The number of hydrogen-bond acceptors (Lipinski definition) is 4. The van der Waals surface area contributed by atoms with E-state index in [0.717, 1.165) is 12.2 Å². The molecule has 0 amide bonds. The Morgan fingerprint density at radius 3 is 2.70 bits per heavy atom. The fraction of sp³-hybridized carbons (Fsp3) is 0.688. The number of rotatable bonds is 3. The molecule has 0 aromatic carbocycles. The molecule has 0 radical (unpaired) electrons. The molecular weight excluding hydrogens is 252 g/mol. The standard InChI is InChI=1S/C16H24N2O2/c1-16(11-19-13-20-12-16)15-14(6-5-7-17-15)10-18-8-3-2-4-9-18/h5-7H,2-4,8-13H2,1H3. The van der Waals surface area contributed by atoms with Crippen molar-refractivity contribution < 1.29 is 9.47 Å². The minimum absolute atomic E-state index is 0.120. The van der Waals surface area contributed by atoms with Crippen molar-refractivity contribution in [3.8, 4) is 0 Å². The SMILES string of the molecule is CC1(c2ncccc2CN2CCCCC2)COCOC1. The van der Waals surface area contributed by atoms with E-state index < -0.39 is 0 Å². The lowest BCUT2D eigenvalue weighted by Crippen LogP contribution is -2.41. The van der Waals surface area contributed by atoms with E-state index in [9.17, 15) is 0 Å². The number of likely N-dealkylation sites (tertiary alicyclic amines) is 1. The molecule has 0 spiro atoms. The van der Waals surface area contributed by atoms with E-state index in [2.05, 4.69) is 22.9 Å². The van der Waals surface area contributed by atoms with Crippen LogP contribution in [0.25, 0.3) is 0 Å². The maximum Gasteiger partial charge on any atom is 0.146 e. The molecule has 0 bridgehead atoms. The highest BCUT2D eigenvalue weighted by Crippen LogP contribution is 2.29. The third-order valence-corrected chi connectivity index (χ3v) is 4.31. The van der Waals surface area contributed by atoms with E-state index >= 15 is 0 Å². The van der Waals surface area contributed by atoms with Crippen molar-refractivity contribution in [2.75, 3.05) is 33.1 Å². The van der Waals surface area contributed by atoms with Gasteiger partial charge < -0.3 is 9.47 Å². The van der Waals surface area contributed by atoms with Crippen LogP contribution in [0, 0.1) is 0 Å². The summed E-state index contributed by atoms with van der Waals surface area (Å²) < 4.78 is 11.0. The van der Waals surface area contributed by atoms with Gasteiger partial charge in [-0.05, 0) is 44.5 Å². The zero-order valence-corrected chi connectivity index (χ0v) is 12.3. The van der Waals surface area contributed by atoms with Crippen LogP contribution in [0.5, 0.6) is 0 Å². The molecule has 0 saturated carbocycles.